The second-order valence-corrected chi connectivity index (χ2v) is 3.27. The summed E-state index contributed by atoms with van der Waals surface area (Å²) in [7, 11) is 0. The van der Waals surface area contributed by atoms with E-state index in [-0.39, 0.29) is 39.6 Å². The van der Waals surface area contributed by atoms with Crippen LogP contribution in [0, 0.1) is 0 Å². The maximum absolute atomic E-state index is 12.3. The summed E-state index contributed by atoms with van der Waals surface area (Å²) in [5.41, 5.74) is 0. The summed E-state index contributed by atoms with van der Waals surface area (Å²) in [6.45, 7) is -1.99. The molecule has 0 saturated carbocycles. The second-order valence-electron chi connectivity index (χ2n) is 3.27. The van der Waals surface area contributed by atoms with Gasteiger partial charge in [0, 0.05) is 0 Å². The van der Waals surface area contributed by atoms with Crippen molar-refractivity contribution in [2.75, 3.05) is 53.0 Å². The van der Waals surface area contributed by atoms with Gasteiger partial charge < -0.3 is 14.2 Å². The van der Waals surface area contributed by atoms with Crippen molar-refractivity contribution in [2.24, 2.45) is 0 Å². The quantitative estimate of drug-likeness (QED) is 0.395. The minimum Gasteiger partial charge on any atom is -0.377 e. The van der Waals surface area contributed by atoms with Crippen molar-refractivity contribution >= 4 is 0 Å². The lowest BCUT2D eigenvalue weighted by molar-refractivity contribution is -0.00751. The molecule has 2 atom stereocenters. The summed E-state index contributed by atoms with van der Waals surface area (Å²) in [6, 6.07) is 0. The summed E-state index contributed by atoms with van der Waals surface area (Å²) in [4.78, 5) is 0. The lowest BCUT2D eigenvalue weighted by atomic mass is 10.4. The maximum atomic E-state index is 12.3. The summed E-state index contributed by atoms with van der Waals surface area (Å²) < 4.78 is 62.3. The molecule has 7 heteroatoms. The Labute approximate surface area is 98.0 Å². The first-order valence-corrected chi connectivity index (χ1v) is 5.34. The molecule has 3 nitrogen and oxygen atoms in total. The minimum atomic E-state index is -1.60. The molecule has 0 heterocycles. The number of ether oxygens (including phenoxy) is 3. The van der Waals surface area contributed by atoms with Gasteiger partial charge in [0.15, 0.2) is 12.3 Å². The van der Waals surface area contributed by atoms with Crippen molar-refractivity contribution in [2.45, 2.75) is 12.3 Å². The standard InChI is InChI=1S/C10H18F4O3/c11-5-9(13)7-16-3-1-15-2-4-17-8-10(14)6-12/h9-10H,1-8H2. The zero-order valence-corrected chi connectivity index (χ0v) is 9.55. The van der Waals surface area contributed by atoms with Crippen molar-refractivity contribution in [1.82, 2.24) is 0 Å². The number of hydrogen-bond donors (Lipinski definition) is 0. The van der Waals surface area contributed by atoms with E-state index in [0.29, 0.717) is 0 Å². The highest BCUT2D eigenvalue weighted by Crippen LogP contribution is 1.94. The van der Waals surface area contributed by atoms with Crippen LogP contribution in [0.3, 0.4) is 0 Å². The molecular weight excluding hydrogens is 244 g/mol. The Morgan fingerprint density at radius 3 is 1.35 bits per heavy atom. The molecular formula is C10H18F4O3. The molecule has 0 aromatic carbocycles. The zero-order valence-electron chi connectivity index (χ0n) is 9.55. The van der Waals surface area contributed by atoms with Gasteiger partial charge in [-0.3, -0.25) is 0 Å². The summed E-state index contributed by atoms with van der Waals surface area (Å²) in [6.07, 6.45) is -3.19. The Balaban J connectivity index is 3.04. The smallest absolute Gasteiger partial charge is 0.151 e. The van der Waals surface area contributed by atoms with Crippen LogP contribution in [-0.4, -0.2) is 65.3 Å². The highest BCUT2D eigenvalue weighted by atomic mass is 19.2. The van der Waals surface area contributed by atoms with Crippen LogP contribution in [0.5, 0.6) is 0 Å². The van der Waals surface area contributed by atoms with Crippen LogP contribution in [-0.2, 0) is 14.2 Å². The summed E-state index contributed by atoms with van der Waals surface area (Å²) >= 11 is 0. The summed E-state index contributed by atoms with van der Waals surface area (Å²) in [5.74, 6) is 0. The topological polar surface area (TPSA) is 27.7 Å². The van der Waals surface area contributed by atoms with Crippen molar-refractivity contribution in [3.8, 4) is 0 Å². The average molecular weight is 262 g/mol. The van der Waals surface area contributed by atoms with Crippen LogP contribution in [0.15, 0.2) is 0 Å². The predicted molar refractivity (Wildman–Crippen MR) is 54.2 cm³/mol. The third-order valence-corrected chi connectivity index (χ3v) is 1.68. The SMILES string of the molecule is FCC(F)COCCOCCOCC(F)CF. The van der Waals surface area contributed by atoms with Crippen molar-refractivity contribution in [3.63, 3.8) is 0 Å². The first-order valence-electron chi connectivity index (χ1n) is 5.34. The Bertz CT molecular complexity index is 146. The van der Waals surface area contributed by atoms with Gasteiger partial charge in [0.05, 0.1) is 39.6 Å². The van der Waals surface area contributed by atoms with Gasteiger partial charge in [-0.1, -0.05) is 0 Å². The van der Waals surface area contributed by atoms with E-state index in [0.717, 1.165) is 0 Å². The van der Waals surface area contributed by atoms with Crippen molar-refractivity contribution in [1.29, 1.82) is 0 Å². The van der Waals surface area contributed by atoms with Gasteiger partial charge >= 0.3 is 0 Å². The molecule has 0 aliphatic heterocycles. The normalized spacial score (nSPS) is 14.8. The Morgan fingerprint density at radius 1 is 0.647 bits per heavy atom. The highest BCUT2D eigenvalue weighted by molar-refractivity contribution is 4.50. The largest absolute Gasteiger partial charge is 0.377 e. The molecule has 0 rings (SSSR count). The van der Waals surface area contributed by atoms with E-state index in [1.165, 1.54) is 0 Å². The van der Waals surface area contributed by atoms with Crippen LogP contribution in [0.2, 0.25) is 0 Å². The third-order valence-electron chi connectivity index (χ3n) is 1.68. The molecule has 0 fully saturated rings. The van der Waals surface area contributed by atoms with E-state index < -0.39 is 25.7 Å². The van der Waals surface area contributed by atoms with Gasteiger partial charge in [-0.2, -0.15) is 0 Å². The molecule has 17 heavy (non-hydrogen) atoms. The molecule has 0 bridgehead atoms. The van der Waals surface area contributed by atoms with Crippen LogP contribution in [0.4, 0.5) is 17.6 Å². The molecule has 0 spiro atoms. The zero-order chi connectivity index (χ0) is 12.9. The average Bonchev–Trinajstić information content (AvgIpc) is 2.35. The summed E-state index contributed by atoms with van der Waals surface area (Å²) in [5, 5.41) is 0. The molecule has 0 aliphatic carbocycles. The fourth-order valence-corrected chi connectivity index (χ4v) is 0.849. The minimum absolute atomic E-state index is 0.149. The number of halogens is 4. The van der Waals surface area contributed by atoms with Crippen LogP contribution >= 0.6 is 0 Å². The molecule has 0 aliphatic rings. The molecule has 0 aromatic rings. The molecule has 0 amide bonds. The van der Waals surface area contributed by atoms with Crippen molar-refractivity contribution < 1.29 is 31.8 Å². The number of alkyl halides is 4. The van der Waals surface area contributed by atoms with E-state index in [1.54, 1.807) is 0 Å². The molecule has 0 aromatic heterocycles. The fraction of sp³-hybridized carbons (Fsp3) is 1.00. The van der Waals surface area contributed by atoms with E-state index >= 15 is 0 Å². The van der Waals surface area contributed by atoms with E-state index in [2.05, 4.69) is 0 Å². The first kappa shape index (κ1) is 16.6. The second kappa shape index (κ2) is 12.1. The molecule has 0 saturated heterocycles. The van der Waals surface area contributed by atoms with Gasteiger partial charge in [-0.15, -0.1) is 0 Å². The monoisotopic (exact) mass is 262 g/mol. The van der Waals surface area contributed by atoms with Gasteiger partial charge in [0.25, 0.3) is 0 Å². The Morgan fingerprint density at radius 2 is 1.00 bits per heavy atom. The highest BCUT2D eigenvalue weighted by Gasteiger charge is 2.05. The Hall–Kier alpha value is -0.400. The lowest BCUT2D eigenvalue weighted by Gasteiger charge is -2.08. The van der Waals surface area contributed by atoms with E-state index in [9.17, 15) is 17.6 Å². The third kappa shape index (κ3) is 11.9. The van der Waals surface area contributed by atoms with E-state index in [4.69, 9.17) is 14.2 Å². The van der Waals surface area contributed by atoms with Crippen molar-refractivity contribution in [3.05, 3.63) is 0 Å². The van der Waals surface area contributed by atoms with Crippen LogP contribution < -0.4 is 0 Å². The molecule has 0 N–H and O–H groups in total. The van der Waals surface area contributed by atoms with Gasteiger partial charge in [-0.25, -0.2) is 17.6 Å². The Kier molecular flexibility index (Phi) is 11.8. The van der Waals surface area contributed by atoms with Crippen LogP contribution in [0.1, 0.15) is 0 Å². The number of hydrogen-bond acceptors (Lipinski definition) is 3. The molecule has 2 unspecified atom stereocenters. The fourth-order valence-electron chi connectivity index (χ4n) is 0.849. The number of rotatable bonds is 12. The van der Waals surface area contributed by atoms with E-state index in [1.807, 2.05) is 0 Å². The predicted octanol–water partition coefficient (Wildman–Crippen LogP) is 1.65. The first-order chi connectivity index (χ1) is 8.20. The lowest BCUT2D eigenvalue weighted by Crippen LogP contribution is -2.17. The van der Waals surface area contributed by atoms with Crippen LogP contribution in [0.25, 0.3) is 0 Å². The van der Waals surface area contributed by atoms with Gasteiger partial charge in [0.2, 0.25) is 0 Å². The maximum Gasteiger partial charge on any atom is 0.151 e. The van der Waals surface area contributed by atoms with Gasteiger partial charge in [0.1, 0.15) is 13.3 Å². The van der Waals surface area contributed by atoms with Gasteiger partial charge in [-0.05, 0) is 0 Å². The molecule has 0 radical (unpaired) electrons. The molecule has 104 valence electrons.